The first kappa shape index (κ1) is 22.1. The lowest BCUT2D eigenvalue weighted by molar-refractivity contribution is -0.141. The Bertz CT molecular complexity index is 1060. The number of hydrogen-bond acceptors (Lipinski definition) is 7. The van der Waals surface area contributed by atoms with Gasteiger partial charge in [0.15, 0.2) is 0 Å². The zero-order valence-corrected chi connectivity index (χ0v) is 17.6. The van der Waals surface area contributed by atoms with Gasteiger partial charge in [0.05, 0.1) is 10.5 Å². The van der Waals surface area contributed by atoms with E-state index in [1.54, 1.807) is 18.3 Å². The van der Waals surface area contributed by atoms with Crippen LogP contribution in [0.25, 0.3) is 10.4 Å². The van der Waals surface area contributed by atoms with Gasteiger partial charge in [-0.3, -0.25) is 0 Å². The standard InChI is InChI=1S/C20H21F3N4O2S/c1-11-7-12(14-10-25-16(30-14)19(4,29)18(2,3)28)9-13(8-11)26-17-24-6-5-15(27-17)20(21,22)23/h5-10,28-29H,1-4H3,(H,24,26,27). The number of nitrogens with one attached hydrogen (secondary N) is 1. The predicted molar refractivity (Wildman–Crippen MR) is 108 cm³/mol. The Kier molecular flexibility index (Phi) is 5.61. The summed E-state index contributed by atoms with van der Waals surface area (Å²) in [5.74, 6) is -0.170. The minimum absolute atomic E-state index is 0.170. The molecule has 0 aliphatic carbocycles. The van der Waals surface area contributed by atoms with Crippen molar-refractivity contribution in [2.45, 2.75) is 45.1 Å². The van der Waals surface area contributed by atoms with E-state index >= 15 is 0 Å². The van der Waals surface area contributed by atoms with Crippen LogP contribution in [0.2, 0.25) is 0 Å². The van der Waals surface area contributed by atoms with Crippen molar-refractivity contribution in [2.24, 2.45) is 0 Å². The Hall–Kier alpha value is -2.56. The zero-order valence-electron chi connectivity index (χ0n) is 16.7. The number of anilines is 2. The number of aryl methyl sites for hydroxylation is 1. The molecule has 3 aromatic rings. The van der Waals surface area contributed by atoms with Gasteiger partial charge >= 0.3 is 6.18 Å². The molecule has 1 aromatic carbocycles. The maximum atomic E-state index is 12.9. The van der Waals surface area contributed by atoms with Crippen molar-refractivity contribution in [1.29, 1.82) is 0 Å². The number of nitrogens with zero attached hydrogens (tertiary/aromatic N) is 3. The molecule has 0 amide bonds. The van der Waals surface area contributed by atoms with E-state index in [4.69, 9.17) is 0 Å². The highest BCUT2D eigenvalue weighted by molar-refractivity contribution is 7.15. The molecule has 3 N–H and O–H groups in total. The lowest BCUT2D eigenvalue weighted by Crippen LogP contribution is -2.44. The molecule has 0 saturated carbocycles. The van der Waals surface area contributed by atoms with Gasteiger partial charge in [-0.1, -0.05) is 6.07 Å². The predicted octanol–water partition coefficient (Wildman–Crippen LogP) is 4.65. The van der Waals surface area contributed by atoms with Crippen molar-refractivity contribution in [3.05, 3.63) is 52.9 Å². The van der Waals surface area contributed by atoms with Crippen molar-refractivity contribution in [1.82, 2.24) is 15.0 Å². The molecule has 6 nitrogen and oxygen atoms in total. The second-order valence-corrected chi connectivity index (χ2v) is 8.67. The normalized spacial score (nSPS) is 14.4. The first-order valence-corrected chi connectivity index (χ1v) is 9.79. The van der Waals surface area contributed by atoms with Gasteiger partial charge < -0.3 is 15.5 Å². The van der Waals surface area contributed by atoms with Crippen LogP contribution < -0.4 is 5.32 Å². The molecule has 3 rings (SSSR count). The van der Waals surface area contributed by atoms with E-state index in [0.717, 1.165) is 28.3 Å². The highest BCUT2D eigenvalue weighted by Crippen LogP contribution is 2.38. The minimum Gasteiger partial charge on any atom is -0.387 e. The summed E-state index contributed by atoms with van der Waals surface area (Å²) in [5.41, 5.74) is -1.87. The summed E-state index contributed by atoms with van der Waals surface area (Å²) in [6.45, 7) is 6.33. The summed E-state index contributed by atoms with van der Waals surface area (Å²) < 4.78 is 38.6. The van der Waals surface area contributed by atoms with Crippen LogP contribution in [-0.4, -0.2) is 30.8 Å². The molecule has 1 atom stereocenters. The van der Waals surface area contributed by atoms with Crippen LogP contribution in [0.5, 0.6) is 0 Å². The SMILES string of the molecule is Cc1cc(Nc2nccc(C(F)(F)F)n2)cc(-c2cnc(C(C)(O)C(C)(C)O)s2)c1. The fourth-order valence-electron chi connectivity index (χ4n) is 2.60. The summed E-state index contributed by atoms with van der Waals surface area (Å²) in [6, 6.07) is 6.17. The lowest BCUT2D eigenvalue weighted by atomic mass is 9.88. The van der Waals surface area contributed by atoms with Crippen LogP contribution in [-0.2, 0) is 11.8 Å². The molecule has 2 heterocycles. The second-order valence-electron chi connectivity index (χ2n) is 7.64. The van der Waals surface area contributed by atoms with Crippen LogP contribution in [0.4, 0.5) is 24.8 Å². The minimum atomic E-state index is -4.56. The highest BCUT2D eigenvalue weighted by atomic mass is 32.1. The zero-order chi connectivity index (χ0) is 22.3. The molecule has 0 aliphatic rings. The Morgan fingerprint density at radius 1 is 1.03 bits per heavy atom. The molecular weight excluding hydrogens is 417 g/mol. The van der Waals surface area contributed by atoms with Crippen LogP contribution >= 0.6 is 11.3 Å². The third kappa shape index (κ3) is 4.61. The Morgan fingerprint density at radius 2 is 1.73 bits per heavy atom. The first-order chi connectivity index (χ1) is 13.8. The number of rotatable bonds is 5. The molecule has 0 bridgehead atoms. The molecular formula is C20H21F3N4O2S. The fourth-order valence-corrected chi connectivity index (χ4v) is 3.70. The van der Waals surface area contributed by atoms with Gasteiger partial charge in [0.25, 0.3) is 0 Å². The Labute approximate surface area is 175 Å². The van der Waals surface area contributed by atoms with E-state index in [-0.39, 0.29) is 5.95 Å². The third-order valence-electron chi connectivity index (χ3n) is 4.68. The molecule has 0 fully saturated rings. The number of benzene rings is 1. The monoisotopic (exact) mass is 438 g/mol. The summed E-state index contributed by atoms with van der Waals surface area (Å²) >= 11 is 1.22. The maximum absolute atomic E-state index is 12.9. The van der Waals surface area contributed by atoms with Gasteiger partial charge in [-0.05, 0) is 57.0 Å². The second kappa shape index (κ2) is 7.60. The van der Waals surface area contributed by atoms with Crippen LogP contribution in [0.1, 0.15) is 37.0 Å². The summed E-state index contributed by atoms with van der Waals surface area (Å²) in [6.07, 6.45) is -1.93. The number of alkyl halides is 3. The van der Waals surface area contributed by atoms with E-state index < -0.39 is 23.1 Å². The molecule has 10 heteroatoms. The van der Waals surface area contributed by atoms with Gasteiger partial charge in [0.1, 0.15) is 16.3 Å². The molecule has 0 radical (unpaired) electrons. The van der Waals surface area contributed by atoms with E-state index in [0.29, 0.717) is 10.7 Å². The number of thiazole rings is 1. The Balaban J connectivity index is 1.92. The smallest absolute Gasteiger partial charge is 0.387 e. The van der Waals surface area contributed by atoms with Crippen LogP contribution in [0.3, 0.4) is 0 Å². The number of aromatic nitrogens is 3. The van der Waals surface area contributed by atoms with Gasteiger partial charge in [-0.15, -0.1) is 11.3 Å². The number of halogens is 3. The van der Waals surface area contributed by atoms with Gasteiger partial charge in [0.2, 0.25) is 5.95 Å². The van der Waals surface area contributed by atoms with Crippen molar-refractivity contribution in [3.8, 4) is 10.4 Å². The molecule has 160 valence electrons. The average Bonchev–Trinajstić information content (AvgIpc) is 3.10. The summed E-state index contributed by atoms with van der Waals surface area (Å²) in [7, 11) is 0. The quantitative estimate of drug-likeness (QED) is 0.537. The summed E-state index contributed by atoms with van der Waals surface area (Å²) in [4.78, 5) is 12.3. The van der Waals surface area contributed by atoms with Crippen molar-refractivity contribution in [3.63, 3.8) is 0 Å². The molecule has 1 unspecified atom stereocenters. The third-order valence-corrected chi connectivity index (χ3v) is 5.93. The first-order valence-electron chi connectivity index (χ1n) is 8.98. The average molecular weight is 438 g/mol. The molecule has 0 saturated heterocycles. The van der Waals surface area contributed by atoms with E-state index in [1.165, 1.54) is 32.1 Å². The largest absolute Gasteiger partial charge is 0.433 e. The Morgan fingerprint density at radius 3 is 2.37 bits per heavy atom. The van der Waals surface area contributed by atoms with Crippen molar-refractivity contribution >= 4 is 23.0 Å². The van der Waals surface area contributed by atoms with E-state index in [2.05, 4.69) is 20.3 Å². The molecule has 0 aliphatic heterocycles. The van der Waals surface area contributed by atoms with E-state index in [9.17, 15) is 23.4 Å². The molecule has 0 spiro atoms. The van der Waals surface area contributed by atoms with Crippen molar-refractivity contribution in [2.75, 3.05) is 5.32 Å². The maximum Gasteiger partial charge on any atom is 0.433 e. The lowest BCUT2D eigenvalue weighted by Gasteiger charge is -2.33. The van der Waals surface area contributed by atoms with E-state index in [1.807, 2.05) is 13.0 Å². The van der Waals surface area contributed by atoms with Gasteiger partial charge in [-0.25, -0.2) is 15.0 Å². The molecule has 2 aromatic heterocycles. The van der Waals surface area contributed by atoms with Gasteiger partial charge in [0, 0.05) is 18.1 Å². The summed E-state index contributed by atoms with van der Waals surface area (Å²) in [5, 5.41) is 24.0. The number of aliphatic hydroxyl groups is 2. The van der Waals surface area contributed by atoms with Crippen LogP contribution in [0, 0.1) is 6.92 Å². The highest BCUT2D eigenvalue weighted by Gasteiger charge is 2.41. The fraction of sp³-hybridized carbons (Fsp3) is 0.350. The van der Waals surface area contributed by atoms with Crippen molar-refractivity contribution < 1.29 is 23.4 Å². The van der Waals surface area contributed by atoms with Crippen LogP contribution in [0.15, 0.2) is 36.7 Å². The number of hydrogen-bond donors (Lipinski definition) is 3. The molecule has 30 heavy (non-hydrogen) atoms. The topological polar surface area (TPSA) is 91.2 Å². The van der Waals surface area contributed by atoms with Gasteiger partial charge in [-0.2, -0.15) is 13.2 Å².